The summed E-state index contributed by atoms with van der Waals surface area (Å²) in [5.41, 5.74) is 0.895. The zero-order valence-corrected chi connectivity index (χ0v) is 13.0. The van der Waals surface area contributed by atoms with Crippen molar-refractivity contribution in [3.8, 4) is 0 Å². The normalized spacial score (nSPS) is 13.8. The highest BCUT2D eigenvalue weighted by atomic mass is 31.1. The van der Waals surface area contributed by atoms with E-state index in [1.54, 1.807) is 24.3 Å². The van der Waals surface area contributed by atoms with E-state index in [2.05, 4.69) is 13.2 Å². The number of rotatable bonds is 12. The van der Waals surface area contributed by atoms with Gasteiger partial charge in [0.1, 0.15) is 6.10 Å². The van der Waals surface area contributed by atoms with Gasteiger partial charge in [0.2, 0.25) is 0 Å². The summed E-state index contributed by atoms with van der Waals surface area (Å²) in [5.74, 6) is 0. The molecule has 2 unspecified atom stereocenters. The van der Waals surface area contributed by atoms with Crippen LogP contribution in [0.3, 0.4) is 0 Å². The molecule has 0 aliphatic rings. The minimum absolute atomic E-state index is 0.341. The first-order chi connectivity index (χ1) is 10.2. The standard InChI is InChI=1S/C15H22NO4P/c1-3-7-14(13-15(8-4-2)20-21-19)16(9-5-11-17)10-6-12-18/h3-6,11-13,15,21H,1-2,7-10H2,(H-,17,18)/p+1. The third-order valence-corrected chi connectivity index (χ3v) is 3.00. The second-order valence-corrected chi connectivity index (χ2v) is 4.49. The van der Waals surface area contributed by atoms with E-state index in [1.165, 1.54) is 0 Å². The molecule has 0 bridgehead atoms. The van der Waals surface area contributed by atoms with Crippen LogP contribution in [-0.4, -0.2) is 34.3 Å². The highest BCUT2D eigenvalue weighted by molar-refractivity contribution is 7.17. The summed E-state index contributed by atoms with van der Waals surface area (Å²) in [5, 5.41) is 17.6. The first-order valence-corrected chi connectivity index (χ1v) is 7.33. The average Bonchev–Trinajstić information content (AvgIpc) is 2.47. The third-order valence-electron chi connectivity index (χ3n) is 2.60. The Morgan fingerprint density at radius 2 is 1.81 bits per heavy atom. The average molecular weight is 312 g/mol. The second kappa shape index (κ2) is 13.2. The van der Waals surface area contributed by atoms with Crippen LogP contribution in [0.2, 0.25) is 0 Å². The van der Waals surface area contributed by atoms with Crippen LogP contribution in [0.5, 0.6) is 0 Å². The fourth-order valence-electron chi connectivity index (χ4n) is 1.70. The van der Waals surface area contributed by atoms with Gasteiger partial charge in [-0.15, -0.1) is 17.7 Å². The summed E-state index contributed by atoms with van der Waals surface area (Å²) in [6, 6.07) is 0. The highest BCUT2D eigenvalue weighted by Crippen LogP contribution is 2.17. The lowest BCUT2D eigenvalue weighted by Gasteiger charge is -2.25. The van der Waals surface area contributed by atoms with Gasteiger partial charge >= 0.3 is 8.69 Å². The molecule has 0 saturated carbocycles. The van der Waals surface area contributed by atoms with Crippen LogP contribution >= 0.6 is 8.69 Å². The lowest BCUT2D eigenvalue weighted by atomic mass is 10.1. The number of nitrogens with zero attached hydrogens (tertiary/aromatic N) is 1. The molecular formula is C15H23NO4P+. The van der Waals surface area contributed by atoms with Crippen LogP contribution in [0.15, 0.2) is 61.8 Å². The molecule has 0 aliphatic carbocycles. The van der Waals surface area contributed by atoms with Gasteiger partial charge in [-0.05, 0) is 29.2 Å². The number of hydrogen-bond acceptors (Lipinski definition) is 5. The lowest BCUT2D eigenvalue weighted by Crippen LogP contribution is -2.24. The van der Waals surface area contributed by atoms with Crippen LogP contribution in [0, 0.1) is 0 Å². The molecule has 0 aromatic rings. The first kappa shape index (κ1) is 19.2. The summed E-state index contributed by atoms with van der Waals surface area (Å²) >= 11 is 0. The van der Waals surface area contributed by atoms with E-state index >= 15 is 0 Å². The molecule has 2 N–H and O–H groups in total. The lowest BCUT2D eigenvalue weighted by molar-refractivity contribution is 0.270. The Balaban J connectivity index is 5.25. The molecule has 0 spiro atoms. The molecule has 0 aromatic carbocycles. The number of hydrogen-bond donors (Lipinski definition) is 2. The van der Waals surface area contributed by atoms with E-state index in [0.717, 1.165) is 18.2 Å². The van der Waals surface area contributed by atoms with Crippen molar-refractivity contribution in [1.29, 1.82) is 0 Å². The Labute approximate surface area is 127 Å². The SMILES string of the molecule is C=CCC(=CC(CC=C)O[PH+]=O)N(CC=CO)CC=CO. The summed E-state index contributed by atoms with van der Waals surface area (Å²) in [6.07, 6.45) is 11.2. The summed E-state index contributed by atoms with van der Waals surface area (Å²) in [4.78, 5) is 1.93. The highest BCUT2D eigenvalue weighted by Gasteiger charge is 2.13. The summed E-state index contributed by atoms with van der Waals surface area (Å²) in [6.45, 7) is 8.29. The summed E-state index contributed by atoms with van der Waals surface area (Å²) in [7, 11) is -0.850. The van der Waals surface area contributed by atoms with Gasteiger partial charge in [-0.25, -0.2) is 0 Å². The van der Waals surface area contributed by atoms with Gasteiger partial charge in [-0.1, -0.05) is 12.2 Å². The molecule has 0 amide bonds. The fraction of sp³-hybridized carbons (Fsp3) is 0.333. The van der Waals surface area contributed by atoms with E-state index in [1.807, 2.05) is 11.0 Å². The van der Waals surface area contributed by atoms with Crippen LogP contribution in [0.1, 0.15) is 12.8 Å². The van der Waals surface area contributed by atoms with E-state index in [4.69, 9.17) is 14.7 Å². The molecule has 0 heterocycles. The van der Waals surface area contributed by atoms with Crippen molar-refractivity contribution in [2.75, 3.05) is 13.1 Å². The molecule has 6 heteroatoms. The molecule has 2 atom stereocenters. The van der Waals surface area contributed by atoms with E-state index in [0.29, 0.717) is 25.9 Å². The van der Waals surface area contributed by atoms with Gasteiger partial charge < -0.3 is 15.1 Å². The zero-order valence-electron chi connectivity index (χ0n) is 12.0. The van der Waals surface area contributed by atoms with E-state index in [9.17, 15) is 4.57 Å². The van der Waals surface area contributed by atoms with E-state index in [-0.39, 0.29) is 6.10 Å². The van der Waals surface area contributed by atoms with Crippen molar-refractivity contribution >= 4 is 8.69 Å². The first-order valence-electron chi connectivity index (χ1n) is 6.52. The van der Waals surface area contributed by atoms with Crippen molar-refractivity contribution < 1.29 is 19.3 Å². The fourth-order valence-corrected chi connectivity index (χ4v) is 1.99. The molecule has 0 aliphatic heterocycles. The van der Waals surface area contributed by atoms with Gasteiger partial charge in [-0.3, -0.25) is 0 Å². The second-order valence-electron chi connectivity index (χ2n) is 4.09. The minimum atomic E-state index is -0.850. The molecule has 0 radical (unpaired) electrons. The van der Waals surface area contributed by atoms with Gasteiger partial charge in [0.25, 0.3) is 0 Å². The van der Waals surface area contributed by atoms with Crippen molar-refractivity contribution in [2.24, 2.45) is 0 Å². The van der Waals surface area contributed by atoms with Crippen LogP contribution in [-0.2, 0) is 9.09 Å². The Morgan fingerprint density at radius 3 is 2.24 bits per heavy atom. The van der Waals surface area contributed by atoms with Gasteiger partial charge in [0.15, 0.2) is 0 Å². The van der Waals surface area contributed by atoms with Gasteiger partial charge in [-0.2, -0.15) is 0 Å². The number of aliphatic hydroxyl groups is 2. The Kier molecular flexibility index (Phi) is 12.0. The maximum Gasteiger partial charge on any atom is 0.494 e. The largest absolute Gasteiger partial charge is 0.516 e. The van der Waals surface area contributed by atoms with E-state index < -0.39 is 8.69 Å². The third kappa shape index (κ3) is 8.84. The Morgan fingerprint density at radius 1 is 1.19 bits per heavy atom. The van der Waals surface area contributed by atoms with Crippen molar-refractivity contribution in [3.05, 3.63) is 61.8 Å². The monoisotopic (exact) mass is 312 g/mol. The molecule has 116 valence electrons. The number of aliphatic hydroxyl groups excluding tert-OH is 2. The molecule has 21 heavy (non-hydrogen) atoms. The zero-order chi connectivity index (χ0) is 15.9. The minimum Gasteiger partial charge on any atom is -0.516 e. The maximum absolute atomic E-state index is 10.7. The van der Waals surface area contributed by atoms with Crippen LogP contribution < -0.4 is 0 Å². The van der Waals surface area contributed by atoms with Gasteiger partial charge in [0, 0.05) is 25.2 Å². The summed E-state index contributed by atoms with van der Waals surface area (Å²) < 4.78 is 15.8. The maximum atomic E-state index is 10.7. The molecule has 0 fully saturated rings. The number of allylic oxidation sites excluding steroid dienone is 1. The smallest absolute Gasteiger partial charge is 0.494 e. The predicted octanol–water partition coefficient (Wildman–Crippen LogP) is 3.79. The van der Waals surface area contributed by atoms with Gasteiger partial charge in [0.05, 0.1) is 12.5 Å². The Bertz CT molecular complexity index is 380. The van der Waals surface area contributed by atoms with Crippen molar-refractivity contribution in [3.63, 3.8) is 0 Å². The quantitative estimate of drug-likeness (QED) is 0.326. The van der Waals surface area contributed by atoms with Crippen molar-refractivity contribution in [2.45, 2.75) is 18.9 Å². The topological polar surface area (TPSA) is 70.0 Å². The van der Waals surface area contributed by atoms with Crippen molar-refractivity contribution in [1.82, 2.24) is 4.90 Å². The molecular weight excluding hydrogens is 289 g/mol. The molecule has 0 saturated heterocycles. The molecule has 0 rings (SSSR count). The molecule has 5 nitrogen and oxygen atoms in total. The molecule has 0 aromatic heterocycles. The Hall–Kier alpha value is -1.84. The van der Waals surface area contributed by atoms with Crippen LogP contribution in [0.4, 0.5) is 0 Å². The van der Waals surface area contributed by atoms with Crippen LogP contribution in [0.25, 0.3) is 0 Å². The predicted molar refractivity (Wildman–Crippen MR) is 86.7 cm³/mol.